The van der Waals surface area contributed by atoms with Gasteiger partial charge < -0.3 is 4.74 Å². The molecule has 0 fully saturated rings. The van der Waals surface area contributed by atoms with E-state index in [0.717, 1.165) is 17.4 Å². The molecule has 0 spiro atoms. The van der Waals surface area contributed by atoms with E-state index in [4.69, 9.17) is 16.3 Å². The van der Waals surface area contributed by atoms with Crippen molar-refractivity contribution >= 4 is 17.9 Å². The second-order valence-corrected chi connectivity index (χ2v) is 4.74. The molecule has 2 aromatic carbocycles. The molecule has 3 heteroatoms. The Labute approximate surface area is 110 Å². The van der Waals surface area contributed by atoms with Gasteiger partial charge in [0.25, 0.3) is 0 Å². The van der Waals surface area contributed by atoms with Crippen LogP contribution in [0.25, 0.3) is 11.1 Å². The van der Waals surface area contributed by atoms with Crippen LogP contribution in [0.3, 0.4) is 0 Å². The molecule has 0 unspecified atom stereocenters. The van der Waals surface area contributed by atoms with Crippen LogP contribution in [0.4, 0.5) is 0 Å². The molecular weight excluding hydrogens is 248 g/mol. The van der Waals surface area contributed by atoms with Crippen molar-refractivity contribution in [2.75, 3.05) is 0 Å². The number of carbonyl (C=O) groups is 1. The molecule has 90 valence electrons. The molecule has 18 heavy (non-hydrogen) atoms. The lowest BCUT2D eigenvalue weighted by atomic mass is 10.00. The van der Waals surface area contributed by atoms with Crippen LogP contribution in [-0.2, 0) is 18.0 Å². The van der Waals surface area contributed by atoms with Crippen molar-refractivity contribution in [1.82, 2.24) is 0 Å². The topological polar surface area (TPSA) is 26.3 Å². The number of benzene rings is 2. The summed E-state index contributed by atoms with van der Waals surface area (Å²) < 4.78 is 5.39. The van der Waals surface area contributed by atoms with Crippen molar-refractivity contribution in [3.8, 4) is 11.1 Å². The Balaban J connectivity index is 2.07. The van der Waals surface area contributed by atoms with Gasteiger partial charge in [-0.05, 0) is 28.8 Å². The maximum atomic E-state index is 10.7. The Morgan fingerprint density at radius 1 is 1.06 bits per heavy atom. The van der Waals surface area contributed by atoms with Gasteiger partial charge in [0.15, 0.2) is 0 Å². The fourth-order valence-electron chi connectivity index (χ4n) is 2.18. The quantitative estimate of drug-likeness (QED) is 0.765. The van der Waals surface area contributed by atoms with E-state index in [2.05, 4.69) is 12.1 Å². The molecule has 0 bridgehead atoms. The second-order valence-electron chi connectivity index (χ2n) is 4.33. The van der Waals surface area contributed by atoms with Crippen LogP contribution < -0.4 is 0 Å². The zero-order valence-electron chi connectivity index (χ0n) is 9.65. The molecule has 0 saturated carbocycles. The Hall–Kier alpha value is -1.64. The highest BCUT2D eigenvalue weighted by Crippen LogP contribution is 2.31. The standard InChI is InChI=1S/C15H11ClO2/c16-15-5-10(7-17)1-4-14(15)11-2-3-12-8-18-9-13(12)6-11/h1-7H,8-9H2. The van der Waals surface area contributed by atoms with Crippen molar-refractivity contribution < 1.29 is 9.53 Å². The number of hydrogen-bond acceptors (Lipinski definition) is 2. The molecule has 2 aromatic rings. The van der Waals surface area contributed by atoms with Gasteiger partial charge >= 0.3 is 0 Å². The van der Waals surface area contributed by atoms with E-state index in [0.29, 0.717) is 23.8 Å². The predicted octanol–water partition coefficient (Wildman–Crippen LogP) is 3.85. The average Bonchev–Trinajstić information content (AvgIpc) is 2.85. The lowest BCUT2D eigenvalue weighted by molar-refractivity contribution is 0.112. The molecule has 1 heterocycles. The first kappa shape index (κ1) is 11.5. The highest BCUT2D eigenvalue weighted by Gasteiger charge is 2.13. The highest BCUT2D eigenvalue weighted by molar-refractivity contribution is 6.33. The van der Waals surface area contributed by atoms with Gasteiger partial charge in [0.2, 0.25) is 0 Å². The maximum Gasteiger partial charge on any atom is 0.150 e. The summed E-state index contributed by atoms with van der Waals surface area (Å²) in [7, 11) is 0. The lowest BCUT2D eigenvalue weighted by Crippen LogP contribution is -1.87. The minimum Gasteiger partial charge on any atom is -0.372 e. The van der Waals surface area contributed by atoms with Crippen LogP contribution in [0.5, 0.6) is 0 Å². The summed E-state index contributed by atoms with van der Waals surface area (Å²) in [6.45, 7) is 1.35. The van der Waals surface area contributed by atoms with E-state index in [1.165, 1.54) is 11.1 Å². The van der Waals surface area contributed by atoms with Crippen molar-refractivity contribution in [2.45, 2.75) is 13.2 Å². The number of carbonyl (C=O) groups excluding carboxylic acids is 1. The predicted molar refractivity (Wildman–Crippen MR) is 70.8 cm³/mol. The van der Waals surface area contributed by atoms with Crippen molar-refractivity contribution in [2.24, 2.45) is 0 Å². The zero-order chi connectivity index (χ0) is 12.5. The SMILES string of the molecule is O=Cc1ccc(-c2ccc3c(c2)COC3)c(Cl)c1. The Morgan fingerprint density at radius 3 is 2.67 bits per heavy atom. The zero-order valence-corrected chi connectivity index (χ0v) is 10.4. The Morgan fingerprint density at radius 2 is 1.89 bits per heavy atom. The third-order valence-electron chi connectivity index (χ3n) is 3.16. The van der Waals surface area contributed by atoms with E-state index in [1.54, 1.807) is 12.1 Å². The first-order chi connectivity index (χ1) is 8.78. The minimum atomic E-state index is 0.591. The number of aldehydes is 1. The summed E-state index contributed by atoms with van der Waals surface area (Å²) in [5.74, 6) is 0. The van der Waals surface area contributed by atoms with Gasteiger partial charge in [0.1, 0.15) is 6.29 Å². The Bertz CT molecular complexity index is 620. The molecule has 0 radical (unpaired) electrons. The third-order valence-corrected chi connectivity index (χ3v) is 3.47. The van der Waals surface area contributed by atoms with Gasteiger partial charge in [0.05, 0.1) is 13.2 Å². The molecule has 3 rings (SSSR count). The van der Waals surface area contributed by atoms with Gasteiger partial charge in [-0.15, -0.1) is 0 Å². The molecule has 1 aliphatic rings. The van der Waals surface area contributed by atoms with Crippen LogP contribution in [0, 0.1) is 0 Å². The molecule has 0 aliphatic carbocycles. The third kappa shape index (κ3) is 1.94. The van der Waals surface area contributed by atoms with E-state index in [9.17, 15) is 4.79 Å². The Kier molecular flexibility index (Phi) is 2.90. The summed E-state index contributed by atoms with van der Waals surface area (Å²) in [6, 6.07) is 11.6. The number of hydrogen-bond donors (Lipinski definition) is 0. The first-order valence-corrected chi connectivity index (χ1v) is 6.10. The van der Waals surface area contributed by atoms with Crippen molar-refractivity contribution in [1.29, 1.82) is 0 Å². The maximum absolute atomic E-state index is 10.7. The lowest BCUT2D eigenvalue weighted by Gasteiger charge is -2.07. The van der Waals surface area contributed by atoms with Crippen LogP contribution in [0.1, 0.15) is 21.5 Å². The van der Waals surface area contributed by atoms with E-state index < -0.39 is 0 Å². The van der Waals surface area contributed by atoms with Gasteiger partial charge in [-0.2, -0.15) is 0 Å². The fraction of sp³-hybridized carbons (Fsp3) is 0.133. The van der Waals surface area contributed by atoms with Gasteiger partial charge in [0, 0.05) is 16.1 Å². The smallest absolute Gasteiger partial charge is 0.150 e. The van der Waals surface area contributed by atoms with Crippen molar-refractivity contribution in [3.63, 3.8) is 0 Å². The molecule has 0 aromatic heterocycles. The van der Waals surface area contributed by atoms with E-state index in [-0.39, 0.29) is 0 Å². The van der Waals surface area contributed by atoms with Gasteiger partial charge in [-0.25, -0.2) is 0 Å². The molecule has 2 nitrogen and oxygen atoms in total. The summed E-state index contributed by atoms with van der Waals surface area (Å²) >= 11 is 6.20. The number of halogens is 1. The van der Waals surface area contributed by atoms with Crippen molar-refractivity contribution in [3.05, 3.63) is 58.1 Å². The summed E-state index contributed by atoms with van der Waals surface area (Å²) in [5.41, 5.74) is 5.04. The minimum absolute atomic E-state index is 0.591. The van der Waals surface area contributed by atoms with Gasteiger partial charge in [-0.3, -0.25) is 4.79 Å². The van der Waals surface area contributed by atoms with Crippen LogP contribution in [0.2, 0.25) is 5.02 Å². The van der Waals surface area contributed by atoms with Crippen LogP contribution in [0.15, 0.2) is 36.4 Å². The normalized spacial score (nSPS) is 13.4. The molecule has 0 N–H and O–H groups in total. The van der Waals surface area contributed by atoms with E-state index in [1.807, 2.05) is 12.1 Å². The average molecular weight is 259 g/mol. The molecule has 0 amide bonds. The molecule has 0 saturated heterocycles. The van der Waals surface area contributed by atoms with E-state index >= 15 is 0 Å². The largest absolute Gasteiger partial charge is 0.372 e. The summed E-state index contributed by atoms with van der Waals surface area (Å²) in [6.07, 6.45) is 0.798. The fourth-order valence-corrected chi connectivity index (χ4v) is 2.48. The highest BCUT2D eigenvalue weighted by atomic mass is 35.5. The first-order valence-electron chi connectivity index (χ1n) is 5.72. The number of rotatable bonds is 2. The summed E-state index contributed by atoms with van der Waals surface area (Å²) in [4.78, 5) is 10.7. The number of ether oxygens (including phenoxy) is 1. The summed E-state index contributed by atoms with van der Waals surface area (Å²) in [5, 5.41) is 0.596. The molecule has 1 aliphatic heterocycles. The van der Waals surface area contributed by atoms with Crippen LogP contribution in [-0.4, -0.2) is 6.29 Å². The molecular formula is C15H11ClO2. The second kappa shape index (κ2) is 4.56. The van der Waals surface area contributed by atoms with Crippen LogP contribution >= 0.6 is 11.6 Å². The monoisotopic (exact) mass is 258 g/mol. The molecule has 0 atom stereocenters. The van der Waals surface area contributed by atoms with Gasteiger partial charge in [-0.1, -0.05) is 35.9 Å². The number of fused-ring (bicyclic) bond motifs is 1.